The normalized spacial score (nSPS) is 17.4. The molecule has 8 nitrogen and oxygen atoms in total. The fraction of sp³-hybridized carbons (Fsp3) is 0.286. The van der Waals surface area contributed by atoms with Crippen LogP contribution in [0.1, 0.15) is 31.6 Å². The van der Waals surface area contributed by atoms with Gasteiger partial charge in [0.1, 0.15) is 5.82 Å². The molecule has 1 N–H and O–H groups in total. The van der Waals surface area contributed by atoms with Gasteiger partial charge in [0, 0.05) is 25.7 Å². The Morgan fingerprint density at radius 1 is 1.16 bits per heavy atom. The SMILES string of the molecule is CC(=O)Nc1ccc(S(=O)(=O)N2CCC[C@@H](c3nnc(-c4ccccc4F)o3)C2)cc1. The second-order valence-electron chi connectivity index (χ2n) is 7.33. The van der Waals surface area contributed by atoms with Crippen molar-refractivity contribution in [2.24, 2.45) is 0 Å². The van der Waals surface area contributed by atoms with E-state index in [1.54, 1.807) is 30.3 Å². The highest BCUT2D eigenvalue weighted by molar-refractivity contribution is 7.89. The Kier molecular flexibility index (Phi) is 5.84. The average molecular weight is 444 g/mol. The van der Waals surface area contributed by atoms with E-state index in [9.17, 15) is 17.6 Å². The number of hydrogen-bond donors (Lipinski definition) is 1. The molecule has 1 aliphatic heterocycles. The summed E-state index contributed by atoms with van der Waals surface area (Å²) in [7, 11) is -3.73. The third-order valence-corrected chi connectivity index (χ3v) is 6.97. The molecular weight excluding hydrogens is 423 g/mol. The van der Waals surface area contributed by atoms with Gasteiger partial charge in [-0.1, -0.05) is 12.1 Å². The molecule has 0 spiro atoms. The highest BCUT2D eigenvalue weighted by Crippen LogP contribution is 2.32. The molecule has 0 bridgehead atoms. The smallest absolute Gasteiger partial charge is 0.250 e. The van der Waals surface area contributed by atoms with Gasteiger partial charge in [-0.15, -0.1) is 10.2 Å². The maximum atomic E-state index is 14.0. The molecule has 1 saturated heterocycles. The highest BCUT2D eigenvalue weighted by atomic mass is 32.2. The summed E-state index contributed by atoms with van der Waals surface area (Å²) in [6.07, 6.45) is 1.32. The first-order chi connectivity index (χ1) is 14.8. The molecule has 1 fully saturated rings. The number of halogens is 1. The third kappa shape index (κ3) is 4.49. The fourth-order valence-electron chi connectivity index (χ4n) is 3.57. The largest absolute Gasteiger partial charge is 0.420 e. The second kappa shape index (κ2) is 8.56. The Hall–Kier alpha value is -3.11. The molecule has 1 amide bonds. The Morgan fingerprint density at radius 3 is 2.61 bits per heavy atom. The summed E-state index contributed by atoms with van der Waals surface area (Å²) in [5.74, 6) is -0.618. The zero-order chi connectivity index (χ0) is 22.0. The van der Waals surface area contributed by atoms with E-state index in [1.807, 2.05) is 0 Å². The van der Waals surface area contributed by atoms with Gasteiger partial charge in [0.15, 0.2) is 0 Å². The van der Waals surface area contributed by atoms with Crippen LogP contribution in [0.25, 0.3) is 11.5 Å². The summed E-state index contributed by atoms with van der Waals surface area (Å²) in [4.78, 5) is 11.3. The minimum absolute atomic E-state index is 0.0710. The van der Waals surface area contributed by atoms with Gasteiger partial charge in [0.25, 0.3) is 5.89 Å². The van der Waals surface area contributed by atoms with Crippen LogP contribution in [0, 0.1) is 5.82 Å². The van der Waals surface area contributed by atoms with E-state index in [1.165, 1.54) is 29.4 Å². The number of carbonyl (C=O) groups is 1. The number of carbonyl (C=O) groups excluding carboxylic acids is 1. The van der Waals surface area contributed by atoms with Crippen LogP contribution >= 0.6 is 0 Å². The molecule has 10 heteroatoms. The molecular formula is C21H21FN4O4S. The summed E-state index contributed by atoms with van der Waals surface area (Å²) >= 11 is 0. The van der Waals surface area contributed by atoms with Crippen LogP contribution in [0.2, 0.25) is 0 Å². The van der Waals surface area contributed by atoms with Gasteiger partial charge in [-0.2, -0.15) is 4.31 Å². The van der Waals surface area contributed by atoms with E-state index in [0.29, 0.717) is 31.0 Å². The molecule has 0 radical (unpaired) electrons. The molecule has 1 atom stereocenters. The molecule has 2 heterocycles. The highest BCUT2D eigenvalue weighted by Gasteiger charge is 2.33. The van der Waals surface area contributed by atoms with E-state index in [0.717, 1.165) is 0 Å². The lowest BCUT2D eigenvalue weighted by Crippen LogP contribution is -2.39. The number of rotatable bonds is 5. The van der Waals surface area contributed by atoms with Crippen molar-refractivity contribution in [1.82, 2.24) is 14.5 Å². The lowest BCUT2D eigenvalue weighted by molar-refractivity contribution is -0.114. The van der Waals surface area contributed by atoms with Gasteiger partial charge >= 0.3 is 0 Å². The second-order valence-corrected chi connectivity index (χ2v) is 9.27. The Morgan fingerprint density at radius 2 is 1.90 bits per heavy atom. The molecule has 0 unspecified atom stereocenters. The molecule has 1 aliphatic rings. The van der Waals surface area contributed by atoms with Crippen LogP contribution in [0.4, 0.5) is 10.1 Å². The first kappa shape index (κ1) is 21.1. The molecule has 162 valence electrons. The molecule has 2 aromatic carbocycles. The van der Waals surface area contributed by atoms with E-state index >= 15 is 0 Å². The number of hydrogen-bond acceptors (Lipinski definition) is 6. The lowest BCUT2D eigenvalue weighted by Gasteiger charge is -2.30. The van der Waals surface area contributed by atoms with Gasteiger partial charge in [-0.25, -0.2) is 12.8 Å². The number of piperidine rings is 1. The lowest BCUT2D eigenvalue weighted by atomic mass is 10.00. The molecule has 4 rings (SSSR count). The van der Waals surface area contributed by atoms with E-state index in [2.05, 4.69) is 15.5 Å². The zero-order valence-corrected chi connectivity index (χ0v) is 17.6. The zero-order valence-electron chi connectivity index (χ0n) is 16.8. The summed E-state index contributed by atoms with van der Waals surface area (Å²) < 4.78 is 47.3. The van der Waals surface area contributed by atoms with Gasteiger partial charge in [-0.05, 0) is 49.2 Å². The molecule has 3 aromatic rings. The first-order valence-electron chi connectivity index (χ1n) is 9.80. The van der Waals surface area contributed by atoms with Gasteiger partial charge < -0.3 is 9.73 Å². The maximum absolute atomic E-state index is 14.0. The van der Waals surface area contributed by atoms with Gasteiger partial charge in [0.2, 0.25) is 21.8 Å². The summed E-state index contributed by atoms with van der Waals surface area (Å²) in [5, 5.41) is 10.6. The van der Waals surface area contributed by atoms with Crippen molar-refractivity contribution in [3.05, 3.63) is 60.2 Å². The number of amides is 1. The first-order valence-corrected chi connectivity index (χ1v) is 11.2. The Bertz CT molecular complexity index is 1190. The van der Waals surface area contributed by atoms with Crippen LogP contribution in [0.3, 0.4) is 0 Å². The predicted octanol–water partition coefficient (Wildman–Crippen LogP) is 3.40. The number of anilines is 1. The van der Waals surface area contributed by atoms with Crippen molar-refractivity contribution in [3.8, 4) is 11.5 Å². The molecule has 31 heavy (non-hydrogen) atoms. The van der Waals surface area contributed by atoms with Crippen molar-refractivity contribution in [2.45, 2.75) is 30.6 Å². The fourth-order valence-corrected chi connectivity index (χ4v) is 5.09. The van der Waals surface area contributed by atoms with E-state index < -0.39 is 15.8 Å². The van der Waals surface area contributed by atoms with E-state index in [4.69, 9.17) is 4.42 Å². The minimum Gasteiger partial charge on any atom is -0.420 e. The van der Waals surface area contributed by atoms with Crippen LogP contribution < -0.4 is 5.32 Å². The summed E-state index contributed by atoms with van der Waals surface area (Å²) in [6.45, 7) is 1.95. The van der Waals surface area contributed by atoms with Gasteiger partial charge in [-0.3, -0.25) is 4.79 Å². The summed E-state index contributed by atoms with van der Waals surface area (Å²) in [6, 6.07) is 12.1. The Labute approximate surface area is 179 Å². The van der Waals surface area contributed by atoms with Crippen LogP contribution in [-0.2, 0) is 14.8 Å². The number of nitrogens with one attached hydrogen (secondary N) is 1. The summed E-state index contributed by atoms with van der Waals surface area (Å²) in [5.41, 5.74) is 0.732. The number of nitrogens with zero attached hydrogens (tertiary/aromatic N) is 3. The predicted molar refractivity (Wildman–Crippen MR) is 111 cm³/mol. The van der Waals surface area contributed by atoms with Crippen molar-refractivity contribution in [2.75, 3.05) is 18.4 Å². The average Bonchev–Trinajstić information content (AvgIpc) is 3.24. The van der Waals surface area contributed by atoms with Crippen molar-refractivity contribution in [1.29, 1.82) is 0 Å². The topological polar surface area (TPSA) is 105 Å². The van der Waals surface area contributed by atoms with E-state index in [-0.39, 0.29) is 34.7 Å². The third-order valence-electron chi connectivity index (χ3n) is 5.09. The standard InChI is InChI=1S/C21H21FN4O4S/c1-14(27)23-16-8-10-17(11-9-16)31(28,29)26-12-4-5-15(13-26)20-24-25-21(30-20)18-6-2-3-7-19(18)22/h2-3,6-11,15H,4-5,12-13H2,1H3,(H,23,27)/t15-/m1/s1. The van der Waals surface area contributed by atoms with Crippen LogP contribution in [0.5, 0.6) is 0 Å². The van der Waals surface area contributed by atoms with Crippen molar-refractivity contribution >= 4 is 21.6 Å². The van der Waals surface area contributed by atoms with Crippen LogP contribution in [-0.4, -0.2) is 41.9 Å². The minimum atomic E-state index is -3.73. The molecule has 0 aliphatic carbocycles. The van der Waals surface area contributed by atoms with Crippen molar-refractivity contribution in [3.63, 3.8) is 0 Å². The van der Waals surface area contributed by atoms with Gasteiger partial charge in [0.05, 0.1) is 16.4 Å². The van der Waals surface area contributed by atoms with Crippen molar-refractivity contribution < 1.29 is 22.0 Å². The maximum Gasteiger partial charge on any atom is 0.250 e. The number of aromatic nitrogens is 2. The van der Waals surface area contributed by atoms with Crippen LogP contribution in [0.15, 0.2) is 57.8 Å². The molecule has 1 aromatic heterocycles. The number of sulfonamides is 1. The number of benzene rings is 2. The monoisotopic (exact) mass is 444 g/mol. The quantitative estimate of drug-likeness (QED) is 0.647. The molecule has 0 saturated carbocycles. The Balaban J connectivity index is 1.52.